The lowest BCUT2D eigenvalue weighted by atomic mass is 10.6. The molecule has 8 heteroatoms. The number of hydrogen-bond acceptors (Lipinski definition) is 6. The lowest BCUT2D eigenvalue weighted by Gasteiger charge is -1.90. The number of fused-ring (bicyclic) bond motifs is 1. The highest BCUT2D eigenvalue weighted by molar-refractivity contribution is 7.99. The molecular formula is C7H7N5O2S. The Morgan fingerprint density at radius 1 is 1.67 bits per heavy atom. The first-order valence-electron chi connectivity index (χ1n) is 4.20. The maximum absolute atomic E-state index is 10.5. The third-order valence-corrected chi connectivity index (χ3v) is 2.36. The maximum atomic E-state index is 10.5. The van der Waals surface area contributed by atoms with E-state index in [0.29, 0.717) is 10.9 Å². The molecular weight excluding hydrogens is 218 g/mol. The zero-order chi connectivity index (χ0) is 10.8. The molecule has 2 heterocycles. The van der Waals surface area contributed by atoms with E-state index in [1.165, 1.54) is 28.7 Å². The molecule has 2 aromatic heterocycles. The summed E-state index contributed by atoms with van der Waals surface area (Å²) in [6.45, 7) is 1.98. The molecule has 0 N–H and O–H groups in total. The Bertz CT molecular complexity index is 511. The van der Waals surface area contributed by atoms with E-state index in [1.54, 1.807) is 0 Å². The number of rotatable bonds is 3. The number of nitro groups is 1. The van der Waals surface area contributed by atoms with Crippen LogP contribution < -0.4 is 0 Å². The Hall–Kier alpha value is -1.70. The van der Waals surface area contributed by atoms with Gasteiger partial charge in [-0.15, -0.1) is 5.10 Å². The molecule has 0 aliphatic carbocycles. The summed E-state index contributed by atoms with van der Waals surface area (Å²) in [6.07, 6.45) is 2.47. The highest BCUT2D eigenvalue weighted by Crippen LogP contribution is 2.14. The third kappa shape index (κ3) is 1.89. The van der Waals surface area contributed by atoms with Gasteiger partial charge in [0.1, 0.15) is 12.4 Å². The molecule has 0 saturated heterocycles. The second-order valence-corrected chi connectivity index (χ2v) is 3.87. The van der Waals surface area contributed by atoms with Crippen LogP contribution >= 0.6 is 11.8 Å². The minimum Gasteiger partial charge on any atom is -0.258 e. The van der Waals surface area contributed by atoms with Crippen molar-refractivity contribution in [2.75, 3.05) is 5.75 Å². The molecule has 0 spiro atoms. The molecule has 0 saturated carbocycles. The Kier molecular flexibility index (Phi) is 2.50. The minimum absolute atomic E-state index is 0.0968. The fourth-order valence-electron chi connectivity index (χ4n) is 1.04. The van der Waals surface area contributed by atoms with Gasteiger partial charge in [-0.2, -0.15) is 9.50 Å². The highest BCUT2D eigenvalue weighted by atomic mass is 32.2. The topological polar surface area (TPSA) is 86.2 Å². The van der Waals surface area contributed by atoms with Gasteiger partial charge in [0.25, 0.3) is 5.78 Å². The van der Waals surface area contributed by atoms with Gasteiger partial charge in [0.05, 0.1) is 4.92 Å². The smallest absolute Gasteiger partial charge is 0.258 e. The molecule has 0 unspecified atom stereocenters. The van der Waals surface area contributed by atoms with E-state index in [1.807, 2.05) is 6.92 Å². The Labute approximate surface area is 88.7 Å². The monoisotopic (exact) mass is 225 g/mol. The summed E-state index contributed by atoms with van der Waals surface area (Å²) < 4.78 is 1.32. The van der Waals surface area contributed by atoms with Gasteiger partial charge >= 0.3 is 5.69 Å². The van der Waals surface area contributed by atoms with Gasteiger partial charge in [0.2, 0.25) is 5.16 Å². The van der Waals surface area contributed by atoms with Crippen LogP contribution in [0.4, 0.5) is 5.69 Å². The van der Waals surface area contributed by atoms with Crippen LogP contribution in [0.25, 0.3) is 5.78 Å². The number of aromatic nitrogens is 4. The fourth-order valence-corrected chi connectivity index (χ4v) is 1.59. The van der Waals surface area contributed by atoms with Crippen LogP contribution in [0.3, 0.4) is 0 Å². The summed E-state index contributed by atoms with van der Waals surface area (Å²) in [6, 6.07) is 0. The van der Waals surface area contributed by atoms with E-state index < -0.39 is 4.92 Å². The van der Waals surface area contributed by atoms with Crippen molar-refractivity contribution < 1.29 is 4.92 Å². The normalized spacial score (nSPS) is 10.7. The van der Waals surface area contributed by atoms with E-state index >= 15 is 0 Å². The average Bonchev–Trinajstić information content (AvgIpc) is 2.59. The van der Waals surface area contributed by atoms with Gasteiger partial charge in [0, 0.05) is 0 Å². The zero-order valence-corrected chi connectivity index (χ0v) is 8.64. The molecule has 2 aromatic rings. The summed E-state index contributed by atoms with van der Waals surface area (Å²) in [5.74, 6) is 1.22. The van der Waals surface area contributed by atoms with Gasteiger partial charge in [-0.1, -0.05) is 18.7 Å². The van der Waals surface area contributed by atoms with E-state index in [-0.39, 0.29) is 5.69 Å². The van der Waals surface area contributed by atoms with Crippen molar-refractivity contribution in [1.29, 1.82) is 0 Å². The Morgan fingerprint density at radius 3 is 3.13 bits per heavy atom. The van der Waals surface area contributed by atoms with E-state index in [9.17, 15) is 10.1 Å². The summed E-state index contributed by atoms with van der Waals surface area (Å²) in [7, 11) is 0. The lowest BCUT2D eigenvalue weighted by Crippen LogP contribution is -1.95. The van der Waals surface area contributed by atoms with Crippen molar-refractivity contribution in [1.82, 2.24) is 19.6 Å². The standard InChI is InChI=1S/C7H7N5O2S/c1-2-15-7-9-6-8-3-5(12(13)14)4-11(6)10-7/h3-4H,2H2,1H3. The van der Waals surface area contributed by atoms with Gasteiger partial charge in [-0.3, -0.25) is 10.1 Å². The molecule has 0 aromatic carbocycles. The second kappa shape index (κ2) is 3.81. The van der Waals surface area contributed by atoms with Crippen molar-refractivity contribution >= 4 is 23.2 Å². The van der Waals surface area contributed by atoms with Crippen LogP contribution in [0.1, 0.15) is 6.92 Å². The fraction of sp³-hybridized carbons (Fsp3) is 0.286. The molecule has 0 atom stereocenters. The minimum atomic E-state index is -0.513. The van der Waals surface area contributed by atoms with Crippen LogP contribution in [0.15, 0.2) is 17.6 Å². The van der Waals surface area contributed by atoms with Crippen molar-refractivity contribution in [3.8, 4) is 0 Å². The van der Waals surface area contributed by atoms with Crippen LogP contribution in [-0.4, -0.2) is 30.3 Å². The highest BCUT2D eigenvalue weighted by Gasteiger charge is 2.10. The van der Waals surface area contributed by atoms with E-state index in [2.05, 4.69) is 15.1 Å². The average molecular weight is 225 g/mol. The summed E-state index contributed by atoms with van der Waals surface area (Å²) in [5.41, 5.74) is -0.0968. The van der Waals surface area contributed by atoms with Gasteiger partial charge < -0.3 is 0 Å². The van der Waals surface area contributed by atoms with Gasteiger partial charge in [-0.05, 0) is 5.75 Å². The molecule has 0 radical (unpaired) electrons. The zero-order valence-electron chi connectivity index (χ0n) is 7.82. The number of thioether (sulfide) groups is 1. The van der Waals surface area contributed by atoms with Crippen LogP contribution in [0.5, 0.6) is 0 Å². The Morgan fingerprint density at radius 2 is 2.47 bits per heavy atom. The maximum Gasteiger partial charge on any atom is 0.305 e. The molecule has 0 amide bonds. The molecule has 0 aliphatic rings. The van der Waals surface area contributed by atoms with Gasteiger partial charge in [-0.25, -0.2) is 4.98 Å². The SMILES string of the molecule is CCSc1nc2ncc([N+](=O)[O-])cn2n1. The van der Waals surface area contributed by atoms with E-state index in [0.717, 1.165) is 5.75 Å². The third-order valence-electron chi connectivity index (χ3n) is 1.64. The predicted octanol–water partition coefficient (Wildman–Crippen LogP) is 1.14. The van der Waals surface area contributed by atoms with Crippen molar-refractivity contribution in [2.45, 2.75) is 12.1 Å². The number of nitrogens with zero attached hydrogens (tertiary/aromatic N) is 5. The summed E-state index contributed by atoms with van der Waals surface area (Å²) >= 11 is 1.46. The van der Waals surface area contributed by atoms with Crippen molar-refractivity contribution in [2.24, 2.45) is 0 Å². The molecule has 7 nitrogen and oxygen atoms in total. The summed E-state index contributed by atoms with van der Waals surface area (Å²) in [5, 5.41) is 15.1. The Balaban J connectivity index is 2.47. The first-order chi connectivity index (χ1) is 7.20. The first kappa shape index (κ1) is 9.84. The lowest BCUT2D eigenvalue weighted by molar-refractivity contribution is -0.385. The van der Waals surface area contributed by atoms with Crippen molar-refractivity contribution in [3.63, 3.8) is 0 Å². The molecule has 15 heavy (non-hydrogen) atoms. The van der Waals surface area contributed by atoms with Gasteiger partial charge in [0.15, 0.2) is 0 Å². The first-order valence-corrected chi connectivity index (χ1v) is 5.19. The number of hydrogen-bond donors (Lipinski definition) is 0. The van der Waals surface area contributed by atoms with E-state index in [4.69, 9.17) is 0 Å². The van der Waals surface area contributed by atoms with Crippen molar-refractivity contribution in [3.05, 3.63) is 22.5 Å². The predicted molar refractivity (Wildman–Crippen MR) is 53.8 cm³/mol. The van der Waals surface area contributed by atoms with Crippen LogP contribution in [0.2, 0.25) is 0 Å². The summed E-state index contributed by atoms with van der Waals surface area (Å²) in [4.78, 5) is 17.9. The van der Waals surface area contributed by atoms with Crippen LogP contribution in [-0.2, 0) is 0 Å². The molecule has 78 valence electrons. The second-order valence-electron chi connectivity index (χ2n) is 2.64. The largest absolute Gasteiger partial charge is 0.305 e. The molecule has 2 rings (SSSR count). The molecule has 0 aliphatic heterocycles. The molecule has 0 fully saturated rings. The molecule has 0 bridgehead atoms. The quantitative estimate of drug-likeness (QED) is 0.442. The van der Waals surface area contributed by atoms with Crippen LogP contribution in [0, 0.1) is 10.1 Å².